The standard InChI is InChI=1S/C15H18N6O/c1-11-6-9-21(20-11)10-8-16-14(22)5-4-13-18-12-3-2-7-17-15(12)19-13/h2-3,6-7,9H,4-5,8,10H2,1H3,(H,16,22)(H,17,18,19). The monoisotopic (exact) mass is 298 g/mol. The second-order valence-corrected chi connectivity index (χ2v) is 5.13. The van der Waals surface area contributed by atoms with Crippen LogP contribution in [0.4, 0.5) is 0 Å². The molecule has 0 fully saturated rings. The summed E-state index contributed by atoms with van der Waals surface area (Å²) in [5.41, 5.74) is 2.56. The summed E-state index contributed by atoms with van der Waals surface area (Å²) in [7, 11) is 0. The van der Waals surface area contributed by atoms with E-state index in [4.69, 9.17) is 0 Å². The molecule has 0 bridgehead atoms. The first-order chi connectivity index (χ1) is 10.7. The van der Waals surface area contributed by atoms with Gasteiger partial charge in [-0.1, -0.05) is 0 Å². The third kappa shape index (κ3) is 3.49. The number of H-pyrrole nitrogens is 1. The molecule has 3 aromatic heterocycles. The molecule has 0 saturated carbocycles. The van der Waals surface area contributed by atoms with Gasteiger partial charge in [-0.25, -0.2) is 9.97 Å². The number of imidazole rings is 1. The molecule has 0 spiro atoms. The molecule has 3 heterocycles. The quantitative estimate of drug-likeness (QED) is 0.716. The number of carbonyl (C=O) groups excluding carboxylic acids is 1. The third-order valence-corrected chi connectivity index (χ3v) is 3.33. The van der Waals surface area contributed by atoms with Crippen LogP contribution in [0.15, 0.2) is 30.6 Å². The van der Waals surface area contributed by atoms with E-state index in [1.165, 1.54) is 0 Å². The predicted octanol–water partition coefficient (Wildman–Crippen LogP) is 1.21. The van der Waals surface area contributed by atoms with Crippen LogP contribution in [0.2, 0.25) is 0 Å². The van der Waals surface area contributed by atoms with Crippen LogP contribution in [0.1, 0.15) is 17.9 Å². The van der Waals surface area contributed by atoms with Crippen molar-refractivity contribution < 1.29 is 4.79 Å². The summed E-state index contributed by atoms with van der Waals surface area (Å²) in [5, 5.41) is 7.16. The number of nitrogens with zero attached hydrogens (tertiary/aromatic N) is 4. The van der Waals surface area contributed by atoms with Gasteiger partial charge >= 0.3 is 0 Å². The van der Waals surface area contributed by atoms with Gasteiger partial charge in [0, 0.05) is 31.8 Å². The minimum absolute atomic E-state index is 0.0114. The van der Waals surface area contributed by atoms with Crippen molar-refractivity contribution in [2.75, 3.05) is 6.54 Å². The van der Waals surface area contributed by atoms with Crippen molar-refractivity contribution in [3.63, 3.8) is 0 Å². The van der Waals surface area contributed by atoms with Crippen molar-refractivity contribution in [2.24, 2.45) is 0 Å². The normalized spacial score (nSPS) is 11.0. The summed E-state index contributed by atoms with van der Waals surface area (Å²) in [5.74, 6) is 0.795. The molecule has 22 heavy (non-hydrogen) atoms. The van der Waals surface area contributed by atoms with Crippen LogP contribution in [0.3, 0.4) is 0 Å². The topological polar surface area (TPSA) is 88.5 Å². The Labute approximate surface area is 127 Å². The van der Waals surface area contributed by atoms with Crippen LogP contribution in [0, 0.1) is 6.92 Å². The third-order valence-electron chi connectivity index (χ3n) is 3.33. The lowest BCUT2D eigenvalue weighted by atomic mass is 10.3. The Morgan fingerprint density at radius 1 is 1.41 bits per heavy atom. The van der Waals surface area contributed by atoms with Crippen molar-refractivity contribution in [2.45, 2.75) is 26.3 Å². The highest BCUT2D eigenvalue weighted by molar-refractivity contribution is 5.76. The molecule has 0 aliphatic rings. The molecule has 2 N–H and O–H groups in total. The highest BCUT2D eigenvalue weighted by atomic mass is 16.1. The molecule has 3 aromatic rings. The molecule has 114 valence electrons. The van der Waals surface area contributed by atoms with Crippen LogP contribution in [-0.2, 0) is 17.8 Å². The van der Waals surface area contributed by atoms with Gasteiger partial charge in [-0.15, -0.1) is 0 Å². The lowest BCUT2D eigenvalue weighted by Gasteiger charge is -2.04. The number of rotatable bonds is 6. The number of hydrogen-bond donors (Lipinski definition) is 2. The second-order valence-electron chi connectivity index (χ2n) is 5.13. The molecule has 3 rings (SSSR count). The number of aryl methyl sites for hydroxylation is 2. The van der Waals surface area contributed by atoms with E-state index in [-0.39, 0.29) is 5.91 Å². The summed E-state index contributed by atoms with van der Waals surface area (Å²) < 4.78 is 1.82. The number of aromatic nitrogens is 5. The molecule has 0 radical (unpaired) electrons. The second kappa shape index (κ2) is 6.38. The Morgan fingerprint density at radius 3 is 3.09 bits per heavy atom. The van der Waals surface area contributed by atoms with E-state index in [0.29, 0.717) is 31.6 Å². The van der Waals surface area contributed by atoms with Crippen molar-refractivity contribution in [3.8, 4) is 0 Å². The Bertz CT molecular complexity index is 742. The maximum absolute atomic E-state index is 11.8. The Balaban J connectivity index is 1.43. The zero-order valence-corrected chi connectivity index (χ0v) is 12.4. The van der Waals surface area contributed by atoms with Gasteiger partial charge < -0.3 is 10.3 Å². The van der Waals surface area contributed by atoms with E-state index in [1.807, 2.05) is 36.0 Å². The fourth-order valence-electron chi connectivity index (χ4n) is 2.23. The zero-order valence-electron chi connectivity index (χ0n) is 12.4. The van der Waals surface area contributed by atoms with Crippen LogP contribution in [0.25, 0.3) is 11.2 Å². The summed E-state index contributed by atoms with van der Waals surface area (Å²) in [6, 6.07) is 5.72. The van der Waals surface area contributed by atoms with E-state index < -0.39 is 0 Å². The van der Waals surface area contributed by atoms with Crippen LogP contribution >= 0.6 is 0 Å². The van der Waals surface area contributed by atoms with Crippen molar-refractivity contribution in [1.29, 1.82) is 0 Å². The number of carbonyl (C=O) groups is 1. The Hall–Kier alpha value is -2.70. The van der Waals surface area contributed by atoms with Crippen LogP contribution in [0.5, 0.6) is 0 Å². The first kappa shape index (κ1) is 14.2. The van der Waals surface area contributed by atoms with Gasteiger partial charge in [0.2, 0.25) is 5.91 Å². The van der Waals surface area contributed by atoms with Gasteiger partial charge in [0.25, 0.3) is 0 Å². The Morgan fingerprint density at radius 2 is 2.32 bits per heavy atom. The first-order valence-electron chi connectivity index (χ1n) is 7.27. The van der Waals surface area contributed by atoms with Crippen molar-refractivity contribution >= 4 is 17.1 Å². The largest absolute Gasteiger partial charge is 0.354 e. The number of hydrogen-bond acceptors (Lipinski definition) is 4. The van der Waals surface area contributed by atoms with Gasteiger partial charge in [0.1, 0.15) is 5.82 Å². The maximum Gasteiger partial charge on any atom is 0.220 e. The number of aromatic amines is 1. The molecule has 0 saturated heterocycles. The van der Waals surface area contributed by atoms with Crippen LogP contribution in [-0.4, -0.2) is 37.2 Å². The van der Waals surface area contributed by atoms with E-state index >= 15 is 0 Å². The molecule has 7 nitrogen and oxygen atoms in total. The lowest BCUT2D eigenvalue weighted by molar-refractivity contribution is -0.121. The fourth-order valence-corrected chi connectivity index (χ4v) is 2.23. The molecule has 0 aliphatic carbocycles. The average Bonchev–Trinajstić information content (AvgIpc) is 3.11. The maximum atomic E-state index is 11.8. The summed E-state index contributed by atoms with van der Waals surface area (Å²) in [6.45, 7) is 3.19. The Kier molecular flexibility index (Phi) is 4.13. The molecular weight excluding hydrogens is 280 g/mol. The van der Waals surface area contributed by atoms with Gasteiger partial charge in [0.15, 0.2) is 5.65 Å². The predicted molar refractivity (Wildman–Crippen MR) is 82.2 cm³/mol. The average molecular weight is 298 g/mol. The van der Waals surface area contributed by atoms with E-state index in [9.17, 15) is 4.79 Å². The van der Waals surface area contributed by atoms with Crippen molar-refractivity contribution in [1.82, 2.24) is 30.0 Å². The van der Waals surface area contributed by atoms with Gasteiger partial charge in [-0.05, 0) is 25.1 Å². The number of fused-ring (bicyclic) bond motifs is 1. The van der Waals surface area contributed by atoms with E-state index in [2.05, 4.69) is 25.4 Å². The number of amides is 1. The smallest absolute Gasteiger partial charge is 0.220 e. The van der Waals surface area contributed by atoms with Crippen molar-refractivity contribution in [3.05, 3.63) is 42.1 Å². The fraction of sp³-hybridized carbons (Fsp3) is 0.333. The summed E-state index contributed by atoms with van der Waals surface area (Å²) in [6.07, 6.45) is 4.58. The zero-order chi connectivity index (χ0) is 15.4. The highest BCUT2D eigenvalue weighted by Crippen LogP contribution is 2.08. The summed E-state index contributed by atoms with van der Waals surface area (Å²) >= 11 is 0. The lowest BCUT2D eigenvalue weighted by Crippen LogP contribution is -2.27. The van der Waals surface area contributed by atoms with Gasteiger partial charge in [-0.3, -0.25) is 9.48 Å². The SMILES string of the molecule is Cc1ccn(CCNC(=O)CCc2nc3ncccc3[nH]2)n1. The van der Waals surface area contributed by atoms with Gasteiger partial charge in [-0.2, -0.15) is 5.10 Å². The highest BCUT2D eigenvalue weighted by Gasteiger charge is 2.06. The number of nitrogens with one attached hydrogen (secondary N) is 2. The first-order valence-corrected chi connectivity index (χ1v) is 7.27. The molecule has 7 heteroatoms. The van der Waals surface area contributed by atoms with Crippen LogP contribution < -0.4 is 5.32 Å². The molecular formula is C15H18N6O. The van der Waals surface area contributed by atoms with Gasteiger partial charge in [0.05, 0.1) is 17.8 Å². The molecule has 0 atom stereocenters. The molecule has 1 amide bonds. The molecule has 0 aliphatic heterocycles. The minimum Gasteiger partial charge on any atom is -0.354 e. The van der Waals surface area contributed by atoms with E-state index in [1.54, 1.807) is 6.20 Å². The molecule has 0 aromatic carbocycles. The molecule has 0 unspecified atom stereocenters. The summed E-state index contributed by atoms with van der Waals surface area (Å²) in [4.78, 5) is 23.5. The minimum atomic E-state index is 0.0114. The number of pyridine rings is 1. The van der Waals surface area contributed by atoms with E-state index in [0.717, 1.165) is 17.0 Å².